The molecule has 0 spiro atoms. The van der Waals surface area contributed by atoms with Crippen LogP contribution in [0, 0.1) is 5.82 Å². The number of carbonyl (C=O) groups is 1. The Balaban J connectivity index is 1.58. The van der Waals surface area contributed by atoms with Crippen LogP contribution in [0.2, 0.25) is 0 Å². The maximum Gasteiger partial charge on any atom is 0.338 e. The lowest BCUT2D eigenvalue weighted by Crippen LogP contribution is -2.40. The maximum absolute atomic E-state index is 14.1. The van der Waals surface area contributed by atoms with Crippen LogP contribution in [0.1, 0.15) is 50.4 Å². The van der Waals surface area contributed by atoms with Crippen molar-refractivity contribution in [1.82, 2.24) is 4.57 Å². The number of hydrogen-bond donors (Lipinski definition) is 0. The average molecular weight is 775 g/mol. The molecule has 0 radical (unpaired) electrons. The monoisotopic (exact) mass is 772 g/mol. The summed E-state index contributed by atoms with van der Waals surface area (Å²) in [5.74, 6) is 0.612. The van der Waals surface area contributed by atoms with E-state index in [-0.39, 0.29) is 36.3 Å². The minimum atomic E-state index is -0.813. The molecule has 2 heterocycles. The molecule has 0 unspecified atom stereocenters. The van der Waals surface area contributed by atoms with Crippen molar-refractivity contribution in [2.24, 2.45) is 4.99 Å². The van der Waals surface area contributed by atoms with Crippen LogP contribution in [0.4, 0.5) is 4.39 Å². The van der Waals surface area contributed by atoms with Crippen LogP contribution in [-0.2, 0) is 16.1 Å². The van der Waals surface area contributed by atoms with Gasteiger partial charge in [-0.1, -0.05) is 35.6 Å². The van der Waals surface area contributed by atoms with E-state index < -0.39 is 12.0 Å². The number of rotatable bonds is 10. The van der Waals surface area contributed by atoms with Crippen LogP contribution in [0.15, 0.2) is 84.6 Å². The number of esters is 1. The first kappa shape index (κ1) is 33.6. The van der Waals surface area contributed by atoms with Crippen molar-refractivity contribution in [2.45, 2.75) is 46.4 Å². The predicted octanol–water partition coefficient (Wildman–Crippen LogP) is 6.84. The summed E-state index contributed by atoms with van der Waals surface area (Å²) in [6, 6.07) is 14.6. The number of hydrogen-bond acceptors (Lipinski definition) is 8. The highest BCUT2D eigenvalue weighted by atomic mass is 79.9. The first-order chi connectivity index (χ1) is 22.0. The van der Waals surface area contributed by atoms with E-state index in [9.17, 15) is 14.0 Å². The first-order valence-electron chi connectivity index (χ1n) is 14.4. The second-order valence-corrected chi connectivity index (χ2v) is 13.3. The molecular weight excluding hydrogens is 743 g/mol. The van der Waals surface area contributed by atoms with Gasteiger partial charge in [-0.2, -0.15) is 0 Å². The molecule has 5 rings (SSSR count). The Hall–Kier alpha value is -3.74. The van der Waals surface area contributed by atoms with Gasteiger partial charge in [-0.3, -0.25) is 9.36 Å². The molecule has 3 aromatic carbocycles. The van der Waals surface area contributed by atoms with Crippen LogP contribution < -0.4 is 29.1 Å². The zero-order valence-corrected chi connectivity index (χ0v) is 29.7. The molecular formula is C34H31Br2FN2O6S. The summed E-state index contributed by atoms with van der Waals surface area (Å²) in [6.45, 7) is 7.50. The van der Waals surface area contributed by atoms with Gasteiger partial charge < -0.3 is 18.9 Å². The fourth-order valence-corrected chi connectivity index (χ4v) is 7.53. The summed E-state index contributed by atoms with van der Waals surface area (Å²) in [7, 11) is 1.54. The smallest absolute Gasteiger partial charge is 0.338 e. The van der Waals surface area contributed by atoms with Crippen molar-refractivity contribution in [3.05, 3.63) is 117 Å². The molecule has 4 aromatic rings. The Morgan fingerprint density at radius 1 is 1.11 bits per heavy atom. The number of ether oxygens (including phenoxy) is 4. The summed E-state index contributed by atoms with van der Waals surface area (Å²) >= 11 is 8.32. The van der Waals surface area contributed by atoms with Crippen LogP contribution in [0.3, 0.4) is 0 Å². The number of fused-ring (bicyclic) bond motifs is 1. The van der Waals surface area contributed by atoms with E-state index in [1.165, 1.54) is 29.1 Å². The molecule has 0 aliphatic carbocycles. The zero-order valence-electron chi connectivity index (χ0n) is 25.7. The van der Waals surface area contributed by atoms with Gasteiger partial charge in [0, 0.05) is 5.56 Å². The molecule has 0 N–H and O–H groups in total. The van der Waals surface area contributed by atoms with E-state index in [1.807, 2.05) is 32.0 Å². The largest absolute Gasteiger partial charge is 0.493 e. The summed E-state index contributed by atoms with van der Waals surface area (Å²) < 4.78 is 40.1. The van der Waals surface area contributed by atoms with E-state index >= 15 is 0 Å². The fourth-order valence-electron chi connectivity index (χ4n) is 5.03. The number of benzene rings is 3. The summed E-state index contributed by atoms with van der Waals surface area (Å²) in [4.78, 5) is 32.5. The minimum Gasteiger partial charge on any atom is -0.493 e. The Kier molecular flexibility index (Phi) is 10.5. The predicted molar refractivity (Wildman–Crippen MR) is 182 cm³/mol. The number of carbonyl (C=O) groups excluding carboxylic acids is 1. The molecule has 12 heteroatoms. The third kappa shape index (κ3) is 6.98. The summed E-state index contributed by atoms with van der Waals surface area (Å²) in [6.07, 6.45) is 1.67. The van der Waals surface area contributed by atoms with Gasteiger partial charge in [0.2, 0.25) is 0 Å². The number of methoxy groups -OCH3 is 1. The van der Waals surface area contributed by atoms with Gasteiger partial charge in [0.25, 0.3) is 5.56 Å². The molecule has 240 valence electrons. The molecule has 1 aliphatic rings. The third-order valence-electron chi connectivity index (χ3n) is 7.03. The van der Waals surface area contributed by atoms with Crippen molar-refractivity contribution >= 4 is 55.2 Å². The van der Waals surface area contributed by atoms with Crippen LogP contribution >= 0.6 is 43.2 Å². The van der Waals surface area contributed by atoms with E-state index in [1.54, 1.807) is 50.3 Å². The number of halogens is 3. The molecule has 0 saturated heterocycles. The topological polar surface area (TPSA) is 88.4 Å². The lowest BCUT2D eigenvalue weighted by atomic mass is 9.95. The molecule has 0 bridgehead atoms. The van der Waals surface area contributed by atoms with Gasteiger partial charge in [-0.05, 0) is 107 Å². The molecule has 0 amide bonds. The Morgan fingerprint density at radius 3 is 2.48 bits per heavy atom. The van der Waals surface area contributed by atoms with Gasteiger partial charge in [0.1, 0.15) is 18.2 Å². The summed E-state index contributed by atoms with van der Waals surface area (Å²) in [5, 5.41) is 0. The molecule has 8 nitrogen and oxygen atoms in total. The highest BCUT2D eigenvalue weighted by Gasteiger charge is 2.34. The molecule has 46 heavy (non-hydrogen) atoms. The van der Waals surface area contributed by atoms with Gasteiger partial charge in [0.05, 0.1) is 50.6 Å². The maximum atomic E-state index is 14.1. The fraction of sp³-hybridized carbons (Fsp3) is 0.265. The molecule has 1 aromatic heterocycles. The van der Waals surface area contributed by atoms with Crippen molar-refractivity contribution in [3.63, 3.8) is 0 Å². The van der Waals surface area contributed by atoms with Gasteiger partial charge in [0.15, 0.2) is 16.3 Å². The van der Waals surface area contributed by atoms with E-state index in [0.717, 1.165) is 0 Å². The van der Waals surface area contributed by atoms with E-state index in [4.69, 9.17) is 18.9 Å². The average Bonchev–Trinajstić information content (AvgIpc) is 3.30. The third-order valence-corrected chi connectivity index (χ3v) is 9.19. The second-order valence-electron chi connectivity index (χ2n) is 10.6. The molecule has 0 fully saturated rings. The minimum absolute atomic E-state index is 0.0410. The van der Waals surface area contributed by atoms with Crippen molar-refractivity contribution in [1.29, 1.82) is 0 Å². The van der Waals surface area contributed by atoms with Crippen molar-refractivity contribution < 1.29 is 28.1 Å². The SMILES string of the molecule is CCOC(=O)C1=C(C)N=c2s/c(=C\c3cc(Br)c(OCc4ccccc4F)c(Br)c3)c(=O)n2[C@H]1c1ccc(OC(C)C)c(OC)c1. The lowest BCUT2D eigenvalue weighted by molar-refractivity contribution is -0.139. The van der Waals surface area contributed by atoms with Gasteiger partial charge in [-0.15, -0.1) is 0 Å². The zero-order chi connectivity index (χ0) is 33.1. The number of nitrogens with zero attached hydrogens (tertiary/aromatic N) is 2. The Morgan fingerprint density at radius 2 is 1.83 bits per heavy atom. The van der Waals surface area contributed by atoms with Gasteiger partial charge in [-0.25, -0.2) is 14.2 Å². The number of aromatic nitrogens is 1. The van der Waals surface area contributed by atoms with E-state index in [0.29, 0.717) is 57.9 Å². The quantitative estimate of drug-likeness (QED) is 0.164. The standard InChI is InChI=1S/C34H31Br2FN2O6S/c1-6-43-33(41)29-19(4)38-34-39(30(29)21-11-12-26(45-18(2)3)27(16-21)42-5)32(40)28(46-34)15-20-13-23(35)31(24(36)14-20)44-17-22-9-7-8-10-25(22)37/h7-16,18,30H,6,17H2,1-5H3/b28-15-/t30-/m0/s1. The van der Waals surface area contributed by atoms with Crippen LogP contribution in [0.5, 0.6) is 17.2 Å². The Labute approximate surface area is 286 Å². The highest BCUT2D eigenvalue weighted by Crippen LogP contribution is 2.37. The lowest BCUT2D eigenvalue weighted by Gasteiger charge is -2.25. The number of thiazole rings is 1. The first-order valence-corrected chi connectivity index (χ1v) is 16.8. The summed E-state index contributed by atoms with van der Waals surface area (Å²) in [5.41, 5.74) is 2.17. The normalized spacial score (nSPS) is 14.6. The molecule has 1 aliphatic heterocycles. The van der Waals surface area contributed by atoms with E-state index in [2.05, 4.69) is 36.9 Å². The molecule has 0 saturated carbocycles. The van der Waals surface area contributed by atoms with Crippen LogP contribution in [0.25, 0.3) is 6.08 Å². The van der Waals surface area contributed by atoms with Crippen molar-refractivity contribution in [2.75, 3.05) is 13.7 Å². The van der Waals surface area contributed by atoms with Crippen molar-refractivity contribution in [3.8, 4) is 17.2 Å². The Bertz CT molecular complexity index is 2000. The second kappa shape index (κ2) is 14.4. The number of allylic oxidation sites excluding steroid dienone is 1. The molecule has 1 atom stereocenters. The highest BCUT2D eigenvalue weighted by molar-refractivity contribution is 9.11. The van der Waals surface area contributed by atoms with Gasteiger partial charge >= 0.3 is 5.97 Å². The van der Waals surface area contributed by atoms with Crippen LogP contribution in [-0.4, -0.2) is 30.4 Å².